The number of ether oxygens (including phenoxy) is 1. The SMILES string of the molecule is COc1ccc(/C(=N\NS(=O)(=O)c2ccc(C)cc2)c2cccc(C#N)c2)cc1. The predicted octanol–water partition coefficient (Wildman–Crippen LogP) is 3.61. The molecule has 7 heteroatoms. The zero-order valence-electron chi connectivity index (χ0n) is 16.0. The van der Waals surface area contributed by atoms with E-state index in [0.717, 1.165) is 5.56 Å². The Morgan fingerprint density at radius 1 is 1.00 bits per heavy atom. The van der Waals surface area contributed by atoms with Crippen LogP contribution in [0.4, 0.5) is 0 Å². The first-order valence-corrected chi connectivity index (χ1v) is 10.2. The van der Waals surface area contributed by atoms with Gasteiger partial charge in [-0.1, -0.05) is 29.8 Å². The van der Waals surface area contributed by atoms with E-state index < -0.39 is 10.0 Å². The predicted molar refractivity (Wildman–Crippen MR) is 111 cm³/mol. The van der Waals surface area contributed by atoms with Crippen LogP contribution in [0.1, 0.15) is 22.3 Å². The summed E-state index contributed by atoms with van der Waals surface area (Å²) in [5.41, 5.74) is 3.08. The molecule has 0 amide bonds. The molecular weight excluding hydrogens is 386 g/mol. The molecule has 0 aliphatic heterocycles. The average Bonchev–Trinajstić information content (AvgIpc) is 2.75. The number of hydrogen-bond acceptors (Lipinski definition) is 5. The molecule has 0 saturated carbocycles. The molecule has 0 spiro atoms. The van der Waals surface area contributed by atoms with Crippen LogP contribution in [0.3, 0.4) is 0 Å². The molecule has 0 aliphatic rings. The molecule has 0 unspecified atom stereocenters. The molecule has 0 bridgehead atoms. The summed E-state index contributed by atoms with van der Waals surface area (Å²) in [6.07, 6.45) is 0. The monoisotopic (exact) mass is 405 g/mol. The fourth-order valence-electron chi connectivity index (χ4n) is 2.66. The summed E-state index contributed by atoms with van der Waals surface area (Å²) in [7, 11) is -2.28. The summed E-state index contributed by atoms with van der Waals surface area (Å²) < 4.78 is 30.5. The Labute approximate surface area is 170 Å². The van der Waals surface area contributed by atoms with Gasteiger partial charge in [-0.05, 0) is 55.5 Å². The molecule has 3 rings (SSSR count). The van der Waals surface area contributed by atoms with Crippen molar-refractivity contribution in [1.29, 1.82) is 5.26 Å². The van der Waals surface area contributed by atoms with E-state index in [1.54, 1.807) is 67.8 Å². The lowest BCUT2D eigenvalue weighted by Gasteiger charge is -2.10. The van der Waals surface area contributed by atoms with Crippen molar-refractivity contribution >= 4 is 15.7 Å². The largest absolute Gasteiger partial charge is 0.497 e. The third-order valence-corrected chi connectivity index (χ3v) is 5.46. The lowest BCUT2D eigenvalue weighted by molar-refractivity contribution is 0.415. The highest BCUT2D eigenvalue weighted by molar-refractivity contribution is 7.89. The van der Waals surface area contributed by atoms with Gasteiger partial charge in [-0.2, -0.15) is 23.6 Å². The fraction of sp³-hybridized carbons (Fsp3) is 0.0909. The molecular formula is C22H19N3O3S. The molecule has 0 saturated heterocycles. The minimum atomic E-state index is -3.84. The van der Waals surface area contributed by atoms with Crippen LogP contribution in [0.15, 0.2) is 82.8 Å². The molecule has 29 heavy (non-hydrogen) atoms. The van der Waals surface area contributed by atoms with Gasteiger partial charge in [0, 0.05) is 11.1 Å². The smallest absolute Gasteiger partial charge is 0.276 e. The van der Waals surface area contributed by atoms with E-state index in [-0.39, 0.29) is 4.90 Å². The van der Waals surface area contributed by atoms with Crippen molar-refractivity contribution in [3.63, 3.8) is 0 Å². The van der Waals surface area contributed by atoms with Gasteiger partial charge < -0.3 is 4.74 Å². The van der Waals surface area contributed by atoms with Crippen molar-refractivity contribution < 1.29 is 13.2 Å². The maximum absolute atomic E-state index is 12.6. The highest BCUT2D eigenvalue weighted by atomic mass is 32.2. The molecule has 0 radical (unpaired) electrons. The number of nitriles is 1. The van der Waals surface area contributed by atoms with Crippen LogP contribution in [0, 0.1) is 18.3 Å². The Morgan fingerprint density at radius 3 is 2.31 bits per heavy atom. The van der Waals surface area contributed by atoms with Gasteiger partial charge in [-0.15, -0.1) is 0 Å². The Kier molecular flexibility index (Phi) is 5.96. The first kappa shape index (κ1) is 20.1. The lowest BCUT2D eigenvalue weighted by atomic mass is 10.0. The molecule has 0 aromatic heterocycles. The average molecular weight is 405 g/mol. The van der Waals surface area contributed by atoms with E-state index >= 15 is 0 Å². The second-order valence-electron chi connectivity index (χ2n) is 6.29. The van der Waals surface area contributed by atoms with E-state index in [1.165, 1.54) is 12.1 Å². The highest BCUT2D eigenvalue weighted by Crippen LogP contribution is 2.17. The van der Waals surface area contributed by atoms with E-state index in [9.17, 15) is 13.7 Å². The van der Waals surface area contributed by atoms with Crippen LogP contribution in [-0.2, 0) is 10.0 Å². The van der Waals surface area contributed by atoms with Crippen molar-refractivity contribution in [2.75, 3.05) is 7.11 Å². The fourth-order valence-corrected chi connectivity index (χ4v) is 3.47. The van der Waals surface area contributed by atoms with Crippen molar-refractivity contribution in [2.24, 2.45) is 5.10 Å². The van der Waals surface area contributed by atoms with Gasteiger partial charge in [0.2, 0.25) is 0 Å². The van der Waals surface area contributed by atoms with E-state index in [1.807, 2.05) is 6.92 Å². The molecule has 0 aliphatic carbocycles. The number of hydrogen-bond donors (Lipinski definition) is 1. The number of aryl methyl sites for hydroxylation is 1. The number of nitrogens with one attached hydrogen (secondary N) is 1. The standard InChI is InChI=1S/C22H19N3O3S/c1-16-6-12-21(13-7-16)29(26,27)25-24-22(18-8-10-20(28-2)11-9-18)19-5-3-4-17(14-19)15-23/h3-14,25H,1-2H3/b24-22+. The van der Waals surface area contributed by atoms with Crippen LogP contribution in [0.25, 0.3) is 0 Å². The van der Waals surface area contributed by atoms with E-state index in [0.29, 0.717) is 28.2 Å². The third-order valence-electron chi connectivity index (χ3n) is 4.24. The zero-order chi connectivity index (χ0) is 20.9. The Balaban J connectivity index is 2.04. The molecule has 0 heterocycles. The molecule has 0 fully saturated rings. The highest BCUT2D eigenvalue weighted by Gasteiger charge is 2.15. The molecule has 0 atom stereocenters. The second-order valence-corrected chi connectivity index (χ2v) is 7.95. The van der Waals surface area contributed by atoms with E-state index in [2.05, 4.69) is 16.0 Å². The summed E-state index contributed by atoms with van der Waals surface area (Å²) >= 11 is 0. The third kappa shape index (κ3) is 4.81. The number of rotatable bonds is 6. The molecule has 3 aromatic rings. The van der Waals surface area contributed by atoms with Crippen molar-refractivity contribution in [1.82, 2.24) is 4.83 Å². The maximum Gasteiger partial charge on any atom is 0.276 e. The van der Waals surface area contributed by atoms with Crippen molar-refractivity contribution in [3.05, 3.63) is 95.1 Å². The second kappa shape index (κ2) is 8.59. The lowest BCUT2D eigenvalue weighted by Crippen LogP contribution is -2.21. The van der Waals surface area contributed by atoms with Gasteiger partial charge in [0.05, 0.1) is 29.3 Å². The molecule has 146 valence electrons. The Bertz CT molecular complexity index is 1180. The van der Waals surface area contributed by atoms with Gasteiger partial charge in [-0.25, -0.2) is 0 Å². The Hall–Kier alpha value is -3.63. The van der Waals surface area contributed by atoms with Crippen LogP contribution in [0.5, 0.6) is 5.75 Å². The summed E-state index contributed by atoms with van der Waals surface area (Å²) in [4.78, 5) is 2.42. The van der Waals surface area contributed by atoms with Crippen molar-refractivity contribution in [3.8, 4) is 11.8 Å². The number of methoxy groups -OCH3 is 1. The van der Waals surface area contributed by atoms with E-state index in [4.69, 9.17) is 4.74 Å². The van der Waals surface area contributed by atoms with Crippen LogP contribution >= 0.6 is 0 Å². The number of benzene rings is 3. The first-order valence-electron chi connectivity index (χ1n) is 8.74. The van der Waals surface area contributed by atoms with Crippen LogP contribution < -0.4 is 9.57 Å². The molecule has 6 nitrogen and oxygen atoms in total. The van der Waals surface area contributed by atoms with Gasteiger partial charge in [0.15, 0.2) is 0 Å². The summed E-state index contributed by atoms with van der Waals surface area (Å²) in [6, 6.07) is 22.5. The number of hydrazone groups is 1. The zero-order valence-corrected chi connectivity index (χ0v) is 16.8. The van der Waals surface area contributed by atoms with Gasteiger partial charge in [0.1, 0.15) is 5.75 Å². The van der Waals surface area contributed by atoms with Gasteiger partial charge in [0.25, 0.3) is 10.0 Å². The summed E-state index contributed by atoms with van der Waals surface area (Å²) in [5, 5.41) is 13.4. The summed E-state index contributed by atoms with van der Waals surface area (Å²) in [6.45, 7) is 1.88. The summed E-state index contributed by atoms with van der Waals surface area (Å²) in [5.74, 6) is 0.666. The van der Waals surface area contributed by atoms with Crippen molar-refractivity contribution in [2.45, 2.75) is 11.8 Å². The number of sulfonamides is 1. The van der Waals surface area contributed by atoms with Crippen LogP contribution in [0.2, 0.25) is 0 Å². The first-order chi connectivity index (χ1) is 13.9. The minimum Gasteiger partial charge on any atom is -0.497 e. The normalized spacial score (nSPS) is 11.6. The van der Waals surface area contributed by atoms with Gasteiger partial charge in [-0.3, -0.25) is 0 Å². The molecule has 1 N–H and O–H groups in total. The van der Waals surface area contributed by atoms with Gasteiger partial charge >= 0.3 is 0 Å². The Morgan fingerprint density at radius 2 is 1.69 bits per heavy atom. The molecule has 3 aromatic carbocycles. The number of nitrogens with zero attached hydrogens (tertiary/aromatic N) is 2. The quantitative estimate of drug-likeness (QED) is 0.501. The minimum absolute atomic E-state index is 0.117. The van der Waals surface area contributed by atoms with Crippen LogP contribution in [-0.4, -0.2) is 21.2 Å². The maximum atomic E-state index is 12.6. The topological polar surface area (TPSA) is 91.5 Å².